The quantitative estimate of drug-likeness (QED) is 0.476. The van der Waals surface area contributed by atoms with E-state index in [-0.39, 0.29) is 24.9 Å². The van der Waals surface area contributed by atoms with Gasteiger partial charge in [0.05, 0.1) is 19.3 Å². The lowest BCUT2D eigenvalue weighted by Crippen LogP contribution is -2.20. The molecule has 1 saturated heterocycles. The fourth-order valence-corrected chi connectivity index (χ4v) is 1.50. The minimum atomic E-state index is -0.492. The van der Waals surface area contributed by atoms with Gasteiger partial charge in [0.2, 0.25) is 0 Å². The first-order chi connectivity index (χ1) is 7.72. The molecule has 92 valence electrons. The van der Waals surface area contributed by atoms with Gasteiger partial charge in [-0.3, -0.25) is 9.59 Å². The molecule has 0 N–H and O–H groups in total. The molecule has 0 saturated carbocycles. The first-order valence-electron chi connectivity index (χ1n) is 5.59. The van der Waals surface area contributed by atoms with Crippen LogP contribution in [0.2, 0.25) is 0 Å². The largest absolute Gasteiger partial charge is 0.466 e. The fraction of sp³-hybridized carbons (Fsp3) is 0.818. The summed E-state index contributed by atoms with van der Waals surface area (Å²) in [6.45, 7) is 3.15. The summed E-state index contributed by atoms with van der Waals surface area (Å²) in [4.78, 5) is 22.2. The van der Waals surface area contributed by atoms with E-state index in [2.05, 4.69) is 4.74 Å². The van der Waals surface area contributed by atoms with Crippen molar-refractivity contribution in [3.8, 4) is 0 Å². The number of rotatable bonds is 7. The SMILES string of the molecule is CCOC(=O)CC(=O)COCC1CCCO1. The van der Waals surface area contributed by atoms with E-state index in [1.54, 1.807) is 6.92 Å². The number of hydrogen-bond acceptors (Lipinski definition) is 5. The van der Waals surface area contributed by atoms with Gasteiger partial charge >= 0.3 is 5.97 Å². The molecular formula is C11H18O5. The average Bonchev–Trinajstić information content (AvgIpc) is 2.70. The smallest absolute Gasteiger partial charge is 0.313 e. The second kappa shape index (κ2) is 7.35. The second-order valence-corrected chi connectivity index (χ2v) is 3.67. The van der Waals surface area contributed by atoms with Gasteiger partial charge in [-0.25, -0.2) is 0 Å². The van der Waals surface area contributed by atoms with Crippen LogP contribution in [0.25, 0.3) is 0 Å². The highest BCUT2D eigenvalue weighted by atomic mass is 16.5. The Morgan fingerprint density at radius 3 is 2.88 bits per heavy atom. The highest BCUT2D eigenvalue weighted by Gasteiger charge is 2.16. The van der Waals surface area contributed by atoms with Crippen LogP contribution in [0.3, 0.4) is 0 Å². The van der Waals surface area contributed by atoms with Gasteiger partial charge in [-0.2, -0.15) is 0 Å². The summed E-state index contributed by atoms with van der Waals surface area (Å²) in [7, 11) is 0. The van der Waals surface area contributed by atoms with Gasteiger partial charge in [0, 0.05) is 6.61 Å². The van der Waals surface area contributed by atoms with Gasteiger partial charge < -0.3 is 14.2 Å². The molecule has 1 aliphatic rings. The van der Waals surface area contributed by atoms with E-state index in [9.17, 15) is 9.59 Å². The third-order valence-electron chi connectivity index (χ3n) is 2.24. The molecule has 0 aliphatic carbocycles. The summed E-state index contributed by atoms with van der Waals surface area (Å²) in [5.41, 5.74) is 0. The number of hydrogen-bond donors (Lipinski definition) is 0. The lowest BCUT2D eigenvalue weighted by atomic mass is 10.2. The minimum absolute atomic E-state index is 0.0430. The molecule has 1 rings (SSSR count). The molecule has 0 bridgehead atoms. The van der Waals surface area contributed by atoms with E-state index < -0.39 is 5.97 Å². The normalized spacial score (nSPS) is 19.7. The standard InChI is InChI=1S/C11H18O5/c1-2-15-11(13)6-9(12)7-14-8-10-4-3-5-16-10/h10H,2-8H2,1H3. The zero-order chi connectivity index (χ0) is 11.8. The van der Waals surface area contributed by atoms with Crippen molar-refractivity contribution in [2.45, 2.75) is 32.3 Å². The summed E-state index contributed by atoms with van der Waals surface area (Å²) < 4.78 is 15.2. The van der Waals surface area contributed by atoms with Crippen LogP contribution < -0.4 is 0 Å². The average molecular weight is 230 g/mol. The predicted octanol–water partition coefficient (Wildman–Crippen LogP) is 0.704. The maximum absolute atomic E-state index is 11.2. The fourth-order valence-electron chi connectivity index (χ4n) is 1.50. The predicted molar refractivity (Wildman–Crippen MR) is 56.1 cm³/mol. The van der Waals surface area contributed by atoms with Crippen molar-refractivity contribution >= 4 is 11.8 Å². The lowest BCUT2D eigenvalue weighted by molar-refractivity contribution is -0.146. The monoisotopic (exact) mass is 230 g/mol. The van der Waals surface area contributed by atoms with Crippen LogP contribution in [0, 0.1) is 0 Å². The number of ketones is 1. The molecular weight excluding hydrogens is 212 g/mol. The number of Topliss-reactive ketones (excluding diaryl/α,β-unsaturated/α-hetero) is 1. The molecule has 5 nitrogen and oxygen atoms in total. The Morgan fingerprint density at radius 1 is 1.44 bits per heavy atom. The van der Waals surface area contributed by atoms with Gasteiger partial charge in [0.25, 0.3) is 0 Å². The van der Waals surface area contributed by atoms with Crippen molar-refractivity contribution in [3.05, 3.63) is 0 Å². The molecule has 1 aliphatic heterocycles. The summed E-state index contributed by atoms with van der Waals surface area (Å²) in [6.07, 6.45) is 1.92. The molecule has 1 heterocycles. The van der Waals surface area contributed by atoms with Gasteiger partial charge in [-0.1, -0.05) is 0 Å². The van der Waals surface area contributed by atoms with Gasteiger partial charge in [0.1, 0.15) is 13.0 Å². The lowest BCUT2D eigenvalue weighted by Gasteiger charge is -2.09. The van der Waals surface area contributed by atoms with Crippen LogP contribution in [0.15, 0.2) is 0 Å². The second-order valence-electron chi connectivity index (χ2n) is 3.67. The Labute approximate surface area is 95.0 Å². The summed E-state index contributed by atoms with van der Waals surface area (Å²) in [6, 6.07) is 0. The first-order valence-corrected chi connectivity index (χ1v) is 5.59. The maximum Gasteiger partial charge on any atom is 0.313 e. The molecule has 0 aromatic rings. The van der Waals surface area contributed by atoms with Crippen molar-refractivity contribution in [3.63, 3.8) is 0 Å². The molecule has 1 unspecified atom stereocenters. The van der Waals surface area contributed by atoms with Crippen LogP contribution in [-0.4, -0.2) is 44.3 Å². The highest BCUT2D eigenvalue weighted by Crippen LogP contribution is 2.11. The molecule has 0 aromatic carbocycles. The molecule has 5 heteroatoms. The van der Waals surface area contributed by atoms with E-state index >= 15 is 0 Å². The topological polar surface area (TPSA) is 61.8 Å². The van der Waals surface area contributed by atoms with E-state index in [1.807, 2.05) is 0 Å². The van der Waals surface area contributed by atoms with E-state index in [4.69, 9.17) is 9.47 Å². The van der Waals surface area contributed by atoms with Crippen LogP contribution in [0.1, 0.15) is 26.2 Å². The summed E-state index contributed by atoms with van der Waals surface area (Å²) in [5.74, 6) is -0.746. The number of esters is 1. The van der Waals surface area contributed by atoms with Crippen LogP contribution in [-0.2, 0) is 23.8 Å². The third-order valence-corrected chi connectivity index (χ3v) is 2.24. The Morgan fingerprint density at radius 2 is 2.25 bits per heavy atom. The number of ether oxygens (including phenoxy) is 3. The number of carbonyl (C=O) groups excluding carboxylic acids is 2. The zero-order valence-corrected chi connectivity index (χ0v) is 9.57. The molecule has 0 amide bonds. The van der Waals surface area contributed by atoms with E-state index in [0.717, 1.165) is 19.4 Å². The van der Waals surface area contributed by atoms with Gasteiger partial charge in [-0.15, -0.1) is 0 Å². The summed E-state index contributed by atoms with van der Waals surface area (Å²) >= 11 is 0. The van der Waals surface area contributed by atoms with Crippen molar-refractivity contribution in [2.75, 3.05) is 26.4 Å². The highest BCUT2D eigenvalue weighted by molar-refractivity contribution is 5.96. The molecule has 1 atom stereocenters. The van der Waals surface area contributed by atoms with E-state index in [0.29, 0.717) is 13.2 Å². The van der Waals surface area contributed by atoms with E-state index in [1.165, 1.54) is 0 Å². The van der Waals surface area contributed by atoms with Crippen LogP contribution >= 0.6 is 0 Å². The Hall–Kier alpha value is -0.940. The first kappa shape index (κ1) is 13.1. The molecule has 16 heavy (non-hydrogen) atoms. The molecule has 0 spiro atoms. The zero-order valence-electron chi connectivity index (χ0n) is 9.57. The molecule has 1 fully saturated rings. The summed E-state index contributed by atoms with van der Waals surface area (Å²) in [5, 5.41) is 0. The van der Waals surface area contributed by atoms with Gasteiger partial charge in [0.15, 0.2) is 5.78 Å². The maximum atomic E-state index is 11.2. The van der Waals surface area contributed by atoms with Crippen molar-refractivity contribution in [1.82, 2.24) is 0 Å². The molecule has 0 aromatic heterocycles. The minimum Gasteiger partial charge on any atom is -0.466 e. The third kappa shape index (κ3) is 5.23. The number of carbonyl (C=O) groups is 2. The van der Waals surface area contributed by atoms with Crippen molar-refractivity contribution in [1.29, 1.82) is 0 Å². The Kier molecular flexibility index (Phi) is 6.03. The van der Waals surface area contributed by atoms with Crippen LogP contribution in [0.4, 0.5) is 0 Å². The Bertz CT molecular complexity index is 233. The van der Waals surface area contributed by atoms with Crippen molar-refractivity contribution < 1.29 is 23.8 Å². The van der Waals surface area contributed by atoms with Crippen molar-refractivity contribution in [2.24, 2.45) is 0 Å². The Balaban J connectivity index is 2.03. The van der Waals surface area contributed by atoms with Gasteiger partial charge in [-0.05, 0) is 19.8 Å². The van der Waals surface area contributed by atoms with Crippen LogP contribution in [0.5, 0.6) is 0 Å². The molecule has 0 radical (unpaired) electrons.